The number of hydrogen-bond donors (Lipinski definition) is 0. The third-order valence-corrected chi connectivity index (χ3v) is 3.89. The van der Waals surface area contributed by atoms with Gasteiger partial charge in [-0.15, -0.1) is 0 Å². The Labute approximate surface area is 114 Å². The molecular formula is C15H23NO3. The standard InChI is InChI=1S/C15H23NO3/c1-5-16(9-13-7-6-8-18-13)15(17)14-10(2)11(3)19-12(14)4/h13H,5-9H2,1-4H3/t13-/m0/s1. The van der Waals surface area contributed by atoms with Gasteiger partial charge in [0.15, 0.2) is 0 Å². The fourth-order valence-corrected chi connectivity index (χ4v) is 2.66. The lowest BCUT2D eigenvalue weighted by atomic mass is 10.1. The molecule has 1 aromatic rings. The molecule has 0 unspecified atom stereocenters. The zero-order valence-corrected chi connectivity index (χ0v) is 12.3. The molecule has 0 bridgehead atoms. The summed E-state index contributed by atoms with van der Waals surface area (Å²) in [6.07, 6.45) is 2.34. The van der Waals surface area contributed by atoms with Crippen molar-refractivity contribution < 1.29 is 13.9 Å². The van der Waals surface area contributed by atoms with Gasteiger partial charge < -0.3 is 14.1 Å². The van der Waals surface area contributed by atoms with Gasteiger partial charge >= 0.3 is 0 Å². The summed E-state index contributed by atoms with van der Waals surface area (Å²) in [5.74, 6) is 1.60. The highest BCUT2D eigenvalue weighted by Gasteiger charge is 2.26. The molecule has 0 aromatic carbocycles. The Balaban J connectivity index is 2.15. The molecule has 0 aliphatic carbocycles. The Kier molecular flexibility index (Phi) is 4.30. The summed E-state index contributed by atoms with van der Waals surface area (Å²) < 4.78 is 11.2. The van der Waals surface area contributed by atoms with Crippen molar-refractivity contribution in [3.05, 3.63) is 22.6 Å². The van der Waals surface area contributed by atoms with Crippen LogP contribution in [0.5, 0.6) is 0 Å². The highest BCUT2D eigenvalue weighted by Crippen LogP contribution is 2.23. The molecule has 0 N–H and O–H groups in total. The Morgan fingerprint density at radius 3 is 2.53 bits per heavy atom. The molecule has 1 aromatic heterocycles. The summed E-state index contributed by atoms with van der Waals surface area (Å²) in [6, 6.07) is 0. The number of carbonyl (C=O) groups excluding carboxylic acids is 1. The number of aryl methyl sites for hydroxylation is 2. The summed E-state index contributed by atoms with van der Waals surface area (Å²) >= 11 is 0. The molecule has 0 saturated carbocycles. The van der Waals surface area contributed by atoms with E-state index in [0.29, 0.717) is 18.8 Å². The van der Waals surface area contributed by atoms with Crippen LogP contribution in [0.2, 0.25) is 0 Å². The van der Waals surface area contributed by atoms with Gasteiger partial charge in [-0.2, -0.15) is 0 Å². The normalized spacial score (nSPS) is 18.8. The number of amides is 1. The summed E-state index contributed by atoms with van der Waals surface area (Å²) in [6.45, 7) is 9.89. The van der Waals surface area contributed by atoms with Crippen molar-refractivity contribution in [3.63, 3.8) is 0 Å². The minimum absolute atomic E-state index is 0.0600. The van der Waals surface area contributed by atoms with Crippen LogP contribution in [-0.4, -0.2) is 36.6 Å². The van der Waals surface area contributed by atoms with Crippen LogP contribution in [0.25, 0.3) is 0 Å². The predicted molar refractivity (Wildman–Crippen MR) is 73.5 cm³/mol. The Bertz CT molecular complexity index is 458. The third-order valence-electron chi connectivity index (χ3n) is 3.89. The quantitative estimate of drug-likeness (QED) is 0.840. The molecular weight excluding hydrogens is 242 g/mol. The molecule has 1 aliphatic rings. The summed E-state index contributed by atoms with van der Waals surface area (Å²) in [5, 5.41) is 0. The van der Waals surface area contributed by atoms with Crippen molar-refractivity contribution >= 4 is 5.91 Å². The average Bonchev–Trinajstić information content (AvgIpc) is 2.96. The van der Waals surface area contributed by atoms with E-state index in [-0.39, 0.29) is 12.0 Å². The fourth-order valence-electron chi connectivity index (χ4n) is 2.66. The number of carbonyl (C=O) groups is 1. The SMILES string of the molecule is CCN(C[C@@H]1CCCO1)C(=O)c1c(C)oc(C)c1C. The van der Waals surface area contributed by atoms with Crippen LogP contribution in [0.1, 0.15) is 47.2 Å². The van der Waals surface area contributed by atoms with E-state index in [4.69, 9.17) is 9.15 Å². The Morgan fingerprint density at radius 1 is 1.32 bits per heavy atom. The van der Waals surface area contributed by atoms with Crippen molar-refractivity contribution in [3.8, 4) is 0 Å². The van der Waals surface area contributed by atoms with Crippen LogP contribution in [0.3, 0.4) is 0 Å². The maximum atomic E-state index is 12.6. The van der Waals surface area contributed by atoms with E-state index in [9.17, 15) is 4.79 Å². The average molecular weight is 265 g/mol. The van der Waals surface area contributed by atoms with E-state index in [0.717, 1.165) is 36.3 Å². The number of rotatable bonds is 4. The molecule has 1 fully saturated rings. The number of ether oxygens (including phenoxy) is 1. The fraction of sp³-hybridized carbons (Fsp3) is 0.667. The molecule has 1 atom stereocenters. The lowest BCUT2D eigenvalue weighted by Crippen LogP contribution is -2.37. The molecule has 1 amide bonds. The molecule has 0 radical (unpaired) electrons. The molecule has 4 heteroatoms. The maximum absolute atomic E-state index is 12.6. The molecule has 2 heterocycles. The van der Waals surface area contributed by atoms with Crippen LogP contribution in [0.15, 0.2) is 4.42 Å². The van der Waals surface area contributed by atoms with Crippen LogP contribution in [-0.2, 0) is 4.74 Å². The second-order valence-electron chi connectivity index (χ2n) is 5.19. The minimum Gasteiger partial charge on any atom is -0.466 e. The lowest BCUT2D eigenvalue weighted by molar-refractivity contribution is 0.0537. The molecule has 0 spiro atoms. The topological polar surface area (TPSA) is 42.7 Å². The molecule has 106 valence electrons. The van der Waals surface area contributed by atoms with Gasteiger partial charge in [0.1, 0.15) is 11.5 Å². The number of nitrogens with zero attached hydrogens (tertiary/aromatic N) is 1. The smallest absolute Gasteiger partial charge is 0.257 e. The first-order chi connectivity index (χ1) is 9.04. The minimum atomic E-state index is 0.0600. The van der Waals surface area contributed by atoms with Crippen molar-refractivity contribution in [2.24, 2.45) is 0 Å². The Hall–Kier alpha value is -1.29. The van der Waals surface area contributed by atoms with E-state index < -0.39 is 0 Å². The summed E-state index contributed by atoms with van der Waals surface area (Å²) in [4.78, 5) is 14.5. The first-order valence-electron chi connectivity index (χ1n) is 7.02. The van der Waals surface area contributed by atoms with Gasteiger partial charge in [-0.05, 0) is 40.5 Å². The van der Waals surface area contributed by atoms with Crippen molar-refractivity contribution in [2.75, 3.05) is 19.7 Å². The maximum Gasteiger partial charge on any atom is 0.257 e. The van der Waals surface area contributed by atoms with Gasteiger partial charge in [0.2, 0.25) is 0 Å². The van der Waals surface area contributed by atoms with E-state index >= 15 is 0 Å². The third kappa shape index (κ3) is 2.84. The molecule has 2 rings (SSSR count). The number of hydrogen-bond acceptors (Lipinski definition) is 3. The van der Waals surface area contributed by atoms with E-state index in [2.05, 4.69) is 0 Å². The zero-order chi connectivity index (χ0) is 14.0. The lowest BCUT2D eigenvalue weighted by Gasteiger charge is -2.24. The highest BCUT2D eigenvalue weighted by atomic mass is 16.5. The van der Waals surface area contributed by atoms with Crippen LogP contribution in [0, 0.1) is 20.8 Å². The summed E-state index contributed by atoms with van der Waals surface area (Å²) in [7, 11) is 0. The van der Waals surface area contributed by atoms with Crippen molar-refractivity contribution in [2.45, 2.75) is 46.6 Å². The van der Waals surface area contributed by atoms with Gasteiger partial charge in [0, 0.05) is 25.3 Å². The van der Waals surface area contributed by atoms with Crippen LogP contribution in [0.4, 0.5) is 0 Å². The van der Waals surface area contributed by atoms with Gasteiger partial charge in [-0.1, -0.05) is 0 Å². The molecule has 1 aliphatic heterocycles. The second kappa shape index (κ2) is 5.78. The number of furan rings is 1. The van der Waals surface area contributed by atoms with E-state index in [1.54, 1.807) is 0 Å². The van der Waals surface area contributed by atoms with Crippen LogP contribution < -0.4 is 0 Å². The van der Waals surface area contributed by atoms with Gasteiger partial charge in [-0.3, -0.25) is 4.79 Å². The first-order valence-corrected chi connectivity index (χ1v) is 7.02. The van der Waals surface area contributed by atoms with Gasteiger partial charge in [0.25, 0.3) is 5.91 Å². The predicted octanol–water partition coefficient (Wildman–Crippen LogP) is 2.85. The molecule has 4 nitrogen and oxygen atoms in total. The Morgan fingerprint density at radius 2 is 2.05 bits per heavy atom. The van der Waals surface area contributed by atoms with E-state index in [1.165, 1.54) is 0 Å². The summed E-state index contributed by atoms with van der Waals surface area (Å²) in [5.41, 5.74) is 1.67. The monoisotopic (exact) mass is 265 g/mol. The number of likely N-dealkylation sites (N-methyl/N-ethyl adjacent to an activating group) is 1. The van der Waals surface area contributed by atoms with Crippen LogP contribution >= 0.6 is 0 Å². The first kappa shape index (κ1) is 14.1. The molecule has 19 heavy (non-hydrogen) atoms. The zero-order valence-electron chi connectivity index (χ0n) is 12.3. The van der Waals surface area contributed by atoms with Gasteiger partial charge in [0.05, 0.1) is 11.7 Å². The molecule has 1 saturated heterocycles. The second-order valence-corrected chi connectivity index (χ2v) is 5.19. The van der Waals surface area contributed by atoms with E-state index in [1.807, 2.05) is 32.6 Å². The van der Waals surface area contributed by atoms with Crippen molar-refractivity contribution in [1.29, 1.82) is 0 Å². The van der Waals surface area contributed by atoms with Crippen molar-refractivity contribution in [1.82, 2.24) is 4.90 Å². The largest absolute Gasteiger partial charge is 0.466 e. The van der Waals surface area contributed by atoms with Gasteiger partial charge in [-0.25, -0.2) is 0 Å². The highest BCUT2D eigenvalue weighted by molar-refractivity contribution is 5.96.